The fourth-order valence-electron chi connectivity index (χ4n) is 2.51. The lowest BCUT2D eigenvalue weighted by molar-refractivity contribution is 0.412. The molecule has 0 aromatic heterocycles. The SMILES string of the molecule is COc1cccc([C@H](C)NC(C)c2ccc(C)c(C)c2)c1. The quantitative estimate of drug-likeness (QED) is 0.857. The summed E-state index contributed by atoms with van der Waals surface area (Å²) in [7, 11) is 1.70. The Labute approximate surface area is 128 Å². The van der Waals surface area contributed by atoms with E-state index in [-0.39, 0.29) is 6.04 Å². The largest absolute Gasteiger partial charge is 0.497 e. The molecule has 1 unspecified atom stereocenters. The van der Waals surface area contributed by atoms with Gasteiger partial charge >= 0.3 is 0 Å². The van der Waals surface area contributed by atoms with E-state index >= 15 is 0 Å². The molecule has 0 fully saturated rings. The summed E-state index contributed by atoms with van der Waals surface area (Å²) in [6, 6.07) is 15.5. The van der Waals surface area contributed by atoms with Gasteiger partial charge in [0.25, 0.3) is 0 Å². The number of rotatable bonds is 5. The van der Waals surface area contributed by atoms with E-state index < -0.39 is 0 Å². The van der Waals surface area contributed by atoms with E-state index in [1.807, 2.05) is 12.1 Å². The van der Waals surface area contributed by atoms with Crippen LogP contribution >= 0.6 is 0 Å². The third kappa shape index (κ3) is 3.85. The molecule has 0 aliphatic heterocycles. The van der Waals surface area contributed by atoms with Gasteiger partial charge in [-0.3, -0.25) is 0 Å². The van der Waals surface area contributed by atoms with E-state index in [1.165, 1.54) is 22.3 Å². The Morgan fingerprint density at radius 1 is 0.857 bits per heavy atom. The van der Waals surface area contributed by atoms with E-state index in [2.05, 4.69) is 63.3 Å². The van der Waals surface area contributed by atoms with Crippen LogP contribution in [0.1, 0.15) is 48.2 Å². The van der Waals surface area contributed by atoms with Gasteiger partial charge in [0, 0.05) is 12.1 Å². The number of benzene rings is 2. The van der Waals surface area contributed by atoms with Crippen molar-refractivity contribution in [1.29, 1.82) is 0 Å². The molecule has 21 heavy (non-hydrogen) atoms. The van der Waals surface area contributed by atoms with Crippen molar-refractivity contribution in [2.75, 3.05) is 7.11 Å². The number of hydrogen-bond donors (Lipinski definition) is 1. The van der Waals surface area contributed by atoms with E-state index in [4.69, 9.17) is 4.74 Å². The van der Waals surface area contributed by atoms with Crippen LogP contribution in [0.5, 0.6) is 5.75 Å². The van der Waals surface area contributed by atoms with Crippen molar-refractivity contribution in [1.82, 2.24) is 5.32 Å². The van der Waals surface area contributed by atoms with Crippen molar-refractivity contribution in [3.05, 3.63) is 64.7 Å². The van der Waals surface area contributed by atoms with Gasteiger partial charge < -0.3 is 10.1 Å². The Morgan fingerprint density at radius 2 is 1.52 bits per heavy atom. The van der Waals surface area contributed by atoms with Crippen LogP contribution in [-0.2, 0) is 0 Å². The standard InChI is InChI=1S/C19H25NO/c1-13-9-10-18(11-14(13)2)16(4)20-15(3)17-7-6-8-19(12-17)21-5/h6-12,15-16,20H,1-5H3/t15-,16?/m0/s1. The molecule has 0 saturated carbocycles. The van der Waals surface area contributed by atoms with Gasteiger partial charge in [0.2, 0.25) is 0 Å². The molecular weight excluding hydrogens is 258 g/mol. The van der Waals surface area contributed by atoms with Crippen molar-refractivity contribution >= 4 is 0 Å². The Hall–Kier alpha value is -1.80. The Balaban J connectivity index is 2.10. The zero-order valence-corrected chi connectivity index (χ0v) is 13.6. The molecule has 112 valence electrons. The first-order valence-electron chi connectivity index (χ1n) is 7.48. The molecule has 0 saturated heterocycles. The molecule has 1 N–H and O–H groups in total. The molecule has 0 bridgehead atoms. The van der Waals surface area contributed by atoms with E-state index in [0.29, 0.717) is 6.04 Å². The normalized spacial score (nSPS) is 13.8. The fourth-order valence-corrected chi connectivity index (χ4v) is 2.51. The minimum absolute atomic E-state index is 0.275. The molecule has 0 aliphatic carbocycles. The highest BCUT2D eigenvalue weighted by Crippen LogP contribution is 2.23. The van der Waals surface area contributed by atoms with Gasteiger partial charge in [0.15, 0.2) is 0 Å². The first-order valence-corrected chi connectivity index (χ1v) is 7.48. The van der Waals surface area contributed by atoms with Crippen molar-refractivity contribution in [3.63, 3.8) is 0 Å². The smallest absolute Gasteiger partial charge is 0.119 e. The van der Waals surface area contributed by atoms with Crippen LogP contribution in [0.3, 0.4) is 0 Å². The maximum absolute atomic E-state index is 5.30. The third-order valence-corrected chi connectivity index (χ3v) is 4.12. The van der Waals surface area contributed by atoms with Crippen LogP contribution in [0.25, 0.3) is 0 Å². The summed E-state index contributed by atoms with van der Waals surface area (Å²) in [4.78, 5) is 0. The maximum atomic E-state index is 5.30. The Morgan fingerprint density at radius 3 is 2.14 bits per heavy atom. The number of hydrogen-bond acceptors (Lipinski definition) is 2. The Bertz CT molecular complexity index is 606. The molecule has 0 aliphatic rings. The summed E-state index contributed by atoms with van der Waals surface area (Å²) in [5, 5.41) is 3.65. The summed E-state index contributed by atoms with van der Waals surface area (Å²) in [5.74, 6) is 0.903. The molecule has 0 heterocycles. The highest BCUT2D eigenvalue weighted by atomic mass is 16.5. The van der Waals surface area contributed by atoms with Gasteiger partial charge in [-0.25, -0.2) is 0 Å². The molecule has 2 nitrogen and oxygen atoms in total. The number of nitrogens with one attached hydrogen (secondary N) is 1. The van der Waals surface area contributed by atoms with Gasteiger partial charge in [-0.2, -0.15) is 0 Å². The summed E-state index contributed by atoms with van der Waals surface area (Å²) in [5.41, 5.74) is 5.25. The average molecular weight is 283 g/mol. The molecule has 2 aromatic rings. The predicted octanol–water partition coefficient (Wildman–Crippen LogP) is 4.72. The van der Waals surface area contributed by atoms with Crippen LogP contribution in [0, 0.1) is 13.8 Å². The van der Waals surface area contributed by atoms with Crippen LogP contribution in [0.15, 0.2) is 42.5 Å². The van der Waals surface area contributed by atoms with Crippen molar-refractivity contribution in [2.45, 2.75) is 39.8 Å². The molecule has 2 rings (SSSR count). The first kappa shape index (κ1) is 15.6. The molecular formula is C19H25NO. The van der Waals surface area contributed by atoms with Crippen molar-refractivity contribution in [3.8, 4) is 5.75 Å². The van der Waals surface area contributed by atoms with Gasteiger partial charge in [-0.15, -0.1) is 0 Å². The average Bonchev–Trinajstić information content (AvgIpc) is 2.49. The maximum Gasteiger partial charge on any atom is 0.119 e. The first-order chi connectivity index (χ1) is 10.0. The lowest BCUT2D eigenvalue weighted by atomic mass is 10.0. The zero-order valence-electron chi connectivity index (χ0n) is 13.6. The molecule has 2 atom stereocenters. The molecule has 0 radical (unpaired) electrons. The monoisotopic (exact) mass is 283 g/mol. The molecule has 2 aromatic carbocycles. The van der Waals surface area contributed by atoms with Gasteiger partial charge in [0.05, 0.1) is 7.11 Å². The van der Waals surface area contributed by atoms with Gasteiger partial charge in [0.1, 0.15) is 5.75 Å². The second kappa shape index (κ2) is 6.77. The predicted molar refractivity (Wildman–Crippen MR) is 88.9 cm³/mol. The van der Waals surface area contributed by atoms with Crippen molar-refractivity contribution < 1.29 is 4.74 Å². The van der Waals surface area contributed by atoms with Gasteiger partial charge in [-0.1, -0.05) is 30.3 Å². The lowest BCUT2D eigenvalue weighted by Crippen LogP contribution is -2.22. The minimum Gasteiger partial charge on any atom is -0.497 e. The zero-order chi connectivity index (χ0) is 15.4. The summed E-state index contributed by atoms with van der Waals surface area (Å²) in [6.45, 7) is 8.71. The molecule has 0 spiro atoms. The van der Waals surface area contributed by atoms with E-state index in [1.54, 1.807) is 7.11 Å². The summed E-state index contributed by atoms with van der Waals surface area (Å²) >= 11 is 0. The van der Waals surface area contributed by atoms with Crippen molar-refractivity contribution in [2.24, 2.45) is 0 Å². The highest BCUT2D eigenvalue weighted by Gasteiger charge is 2.12. The number of methoxy groups -OCH3 is 1. The topological polar surface area (TPSA) is 21.3 Å². The minimum atomic E-state index is 0.275. The number of ether oxygens (including phenoxy) is 1. The fraction of sp³-hybridized carbons (Fsp3) is 0.368. The lowest BCUT2D eigenvalue weighted by Gasteiger charge is -2.22. The summed E-state index contributed by atoms with van der Waals surface area (Å²) < 4.78 is 5.30. The molecule has 2 heteroatoms. The van der Waals surface area contributed by atoms with Crippen LogP contribution < -0.4 is 10.1 Å². The summed E-state index contributed by atoms with van der Waals surface area (Å²) in [6.07, 6.45) is 0. The molecule has 0 amide bonds. The van der Waals surface area contributed by atoms with Crippen LogP contribution in [-0.4, -0.2) is 7.11 Å². The number of aryl methyl sites for hydroxylation is 2. The highest BCUT2D eigenvalue weighted by molar-refractivity contribution is 5.33. The third-order valence-electron chi connectivity index (χ3n) is 4.12. The van der Waals surface area contributed by atoms with E-state index in [0.717, 1.165) is 5.75 Å². The second-order valence-electron chi connectivity index (χ2n) is 5.73. The second-order valence-corrected chi connectivity index (χ2v) is 5.73. The van der Waals surface area contributed by atoms with Crippen LogP contribution in [0.2, 0.25) is 0 Å². The van der Waals surface area contributed by atoms with Gasteiger partial charge in [-0.05, 0) is 62.1 Å². The van der Waals surface area contributed by atoms with Crippen LogP contribution in [0.4, 0.5) is 0 Å². The van der Waals surface area contributed by atoms with E-state index in [9.17, 15) is 0 Å². The Kier molecular flexibility index (Phi) is 5.03.